The largest absolute Gasteiger partial charge is 0.453 e. The van der Waals surface area contributed by atoms with E-state index in [1.807, 2.05) is 29.8 Å². The van der Waals surface area contributed by atoms with E-state index in [0.717, 1.165) is 21.7 Å². The lowest BCUT2D eigenvalue weighted by Crippen LogP contribution is -1.94. The molecule has 0 N–H and O–H groups in total. The van der Waals surface area contributed by atoms with Gasteiger partial charge in [-0.2, -0.15) is 0 Å². The maximum Gasteiger partial charge on any atom is 0.200 e. The summed E-state index contributed by atoms with van der Waals surface area (Å²) in [5.74, 6) is 1.73. The molecule has 0 saturated heterocycles. The highest BCUT2D eigenvalue weighted by Gasteiger charge is 2.15. The van der Waals surface area contributed by atoms with Crippen molar-refractivity contribution in [3.05, 3.63) is 64.9 Å². The van der Waals surface area contributed by atoms with Gasteiger partial charge < -0.3 is 8.98 Å². The Bertz CT molecular complexity index is 1040. The first-order chi connectivity index (χ1) is 12.1. The predicted octanol–water partition coefficient (Wildman–Crippen LogP) is 5.31. The molecule has 0 atom stereocenters. The summed E-state index contributed by atoms with van der Waals surface area (Å²) in [5, 5.41) is 10.8. The molecule has 4 aromatic rings. The molecule has 4 nitrogen and oxygen atoms in total. The third-order valence-electron chi connectivity index (χ3n) is 3.81. The Kier molecular flexibility index (Phi) is 4.23. The predicted molar refractivity (Wildman–Crippen MR) is 97.2 cm³/mol. The summed E-state index contributed by atoms with van der Waals surface area (Å²) in [6, 6.07) is 13.8. The number of furan rings is 1. The molecule has 2 heterocycles. The second-order valence-electron chi connectivity index (χ2n) is 5.57. The molecule has 0 aliphatic carbocycles. The van der Waals surface area contributed by atoms with Gasteiger partial charge in [-0.1, -0.05) is 35.5 Å². The van der Waals surface area contributed by atoms with Crippen LogP contribution in [0.4, 0.5) is 4.39 Å². The van der Waals surface area contributed by atoms with E-state index >= 15 is 0 Å². The molecule has 126 valence electrons. The third-order valence-corrected chi connectivity index (χ3v) is 5.14. The summed E-state index contributed by atoms with van der Waals surface area (Å²) in [4.78, 5) is 0. The number of hydrogen-bond acceptors (Lipinski definition) is 4. The first kappa shape index (κ1) is 16.2. The maximum absolute atomic E-state index is 13.0. The van der Waals surface area contributed by atoms with Crippen LogP contribution in [0.1, 0.15) is 5.56 Å². The molecule has 4 rings (SSSR count). The van der Waals surface area contributed by atoms with Crippen LogP contribution < -0.4 is 0 Å². The SMILES string of the molecule is Cn1c(SCc2ccc(F)cc2)nnc1-c1cc2cc(Cl)ccc2o1. The minimum atomic E-state index is -0.236. The molecule has 0 saturated carbocycles. The minimum Gasteiger partial charge on any atom is -0.453 e. The van der Waals surface area contributed by atoms with Gasteiger partial charge in [-0.3, -0.25) is 0 Å². The van der Waals surface area contributed by atoms with Gasteiger partial charge in [0.1, 0.15) is 11.4 Å². The standard InChI is InChI=1S/C18H13ClFN3OS/c1-23-17(16-9-12-8-13(19)4-7-15(12)24-16)21-22-18(23)25-10-11-2-5-14(20)6-3-11/h2-9H,10H2,1H3. The van der Waals surface area contributed by atoms with Gasteiger partial charge in [0.25, 0.3) is 0 Å². The zero-order valence-corrected chi connectivity index (χ0v) is 14.8. The lowest BCUT2D eigenvalue weighted by molar-refractivity contribution is 0.618. The van der Waals surface area contributed by atoms with Gasteiger partial charge in [-0.15, -0.1) is 10.2 Å². The second kappa shape index (κ2) is 6.54. The summed E-state index contributed by atoms with van der Waals surface area (Å²) < 4.78 is 20.7. The van der Waals surface area contributed by atoms with Crippen molar-refractivity contribution < 1.29 is 8.81 Å². The second-order valence-corrected chi connectivity index (χ2v) is 6.95. The Labute approximate surface area is 152 Å². The quantitative estimate of drug-likeness (QED) is 0.454. The fraction of sp³-hybridized carbons (Fsp3) is 0.111. The van der Waals surface area contributed by atoms with Crippen LogP contribution in [0.15, 0.2) is 58.1 Å². The van der Waals surface area contributed by atoms with Crippen molar-refractivity contribution in [2.24, 2.45) is 7.05 Å². The molecule has 0 fully saturated rings. The Morgan fingerprint density at radius 2 is 1.92 bits per heavy atom. The van der Waals surface area contributed by atoms with Gasteiger partial charge in [0, 0.05) is 23.2 Å². The molecule has 0 spiro atoms. The van der Waals surface area contributed by atoms with E-state index in [2.05, 4.69) is 10.2 Å². The fourth-order valence-corrected chi connectivity index (χ4v) is 3.56. The molecule has 0 aliphatic rings. The van der Waals surface area contributed by atoms with E-state index in [4.69, 9.17) is 16.0 Å². The molecule has 0 radical (unpaired) electrons. The van der Waals surface area contributed by atoms with Gasteiger partial charge in [-0.25, -0.2) is 4.39 Å². The van der Waals surface area contributed by atoms with Crippen LogP contribution in [0.25, 0.3) is 22.6 Å². The van der Waals surface area contributed by atoms with Gasteiger partial charge in [0.2, 0.25) is 0 Å². The van der Waals surface area contributed by atoms with Crippen molar-refractivity contribution in [1.29, 1.82) is 0 Å². The lowest BCUT2D eigenvalue weighted by atomic mass is 10.2. The number of thioether (sulfide) groups is 1. The van der Waals surface area contributed by atoms with E-state index < -0.39 is 0 Å². The van der Waals surface area contributed by atoms with Gasteiger partial charge in [-0.05, 0) is 42.0 Å². The van der Waals surface area contributed by atoms with Crippen LogP contribution >= 0.6 is 23.4 Å². The normalized spacial score (nSPS) is 11.3. The highest BCUT2D eigenvalue weighted by Crippen LogP contribution is 2.30. The monoisotopic (exact) mass is 373 g/mol. The molecule has 7 heteroatoms. The van der Waals surface area contributed by atoms with Crippen molar-refractivity contribution in [3.8, 4) is 11.6 Å². The van der Waals surface area contributed by atoms with Gasteiger partial charge in [0.05, 0.1) is 0 Å². The summed E-state index contributed by atoms with van der Waals surface area (Å²) >= 11 is 7.55. The van der Waals surface area contributed by atoms with Crippen molar-refractivity contribution in [1.82, 2.24) is 14.8 Å². The van der Waals surface area contributed by atoms with E-state index in [1.165, 1.54) is 23.9 Å². The maximum atomic E-state index is 13.0. The Morgan fingerprint density at radius 1 is 1.12 bits per heavy atom. The number of benzene rings is 2. The number of hydrogen-bond donors (Lipinski definition) is 0. The molecule has 2 aromatic heterocycles. The number of nitrogens with zero attached hydrogens (tertiary/aromatic N) is 3. The van der Waals surface area contributed by atoms with Crippen molar-refractivity contribution in [3.63, 3.8) is 0 Å². The molecular weight excluding hydrogens is 361 g/mol. The molecule has 0 bridgehead atoms. The smallest absolute Gasteiger partial charge is 0.200 e. The van der Waals surface area contributed by atoms with E-state index in [1.54, 1.807) is 18.2 Å². The van der Waals surface area contributed by atoms with Gasteiger partial charge >= 0.3 is 0 Å². The zero-order valence-electron chi connectivity index (χ0n) is 13.2. The van der Waals surface area contributed by atoms with Crippen LogP contribution in [-0.2, 0) is 12.8 Å². The molecule has 25 heavy (non-hydrogen) atoms. The van der Waals surface area contributed by atoms with Crippen molar-refractivity contribution >= 4 is 34.3 Å². The Hall–Kier alpha value is -2.31. The van der Waals surface area contributed by atoms with E-state index in [9.17, 15) is 4.39 Å². The van der Waals surface area contributed by atoms with Crippen LogP contribution in [-0.4, -0.2) is 14.8 Å². The highest BCUT2D eigenvalue weighted by molar-refractivity contribution is 7.98. The summed E-state index contributed by atoms with van der Waals surface area (Å²) in [6.07, 6.45) is 0. The third kappa shape index (κ3) is 3.27. The van der Waals surface area contributed by atoms with Crippen LogP contribution in [0.3, 0.4) is 0 Å². The minimum absolute atomic E-state index is 0.236. The molecule has 0 unspecified atom stereocenters. The van der Waals surface area contributed by atoms with Crippen LogP contribution in [0, 0.1) is 5.82 Å². The fourth-order valence-electron chi connectivity index (χ4n) is 2.51. The topological polar surface area (TPSA) is 43.9 Å². The molecule has 0 aliphatic heterocycles. The first-order valence-electron chi connectivity index (χ1n) is 7.56. The Morgan fingerprint density at radius 3 is 2.72 bits per heavy atom. The number of aromatic nitrogens is 3. The number of fused-ring (bicyclic) bond motifs is 1. The van der Waals surface area contributed by atoms with Crippen LogP contribution in [0.5, 0.6) is 0 Å². The number of rotatable bonds is 4. The highest BCUT2D eigenvalue weighted by atomic mass is 35.5. The summed E-state index contributed by atoms with van der Waals surface area (Å²) in [7, 11) is 1.89. The average Bonchev–Trinajstić information content (AvgIpc) is 3.17. The molecule has 2 aromatic carbocycles. The van der Waals surface area contributed by atoms with E-state index in [0.29, 0.717) is 22.4 Å². The summed E-state index contributed by atoms with van der Waals surface area (Å²) in [6.45, 7) is 0. The lowest BCUT2D eigenvalue weighted by Gasteiger charge is -2.02. The Balaban J connectivity index is 1.58. The van der Waals surface area contributed by atoms with Crippen molar-refractivity contribution in [2.75, 3.05) is 0 Å². The first-order valence-corrected chi connectivity index (χ1v) is 8.92. The van der Waals surface area contributed by atoms with Crippen LogP contribution in [0.2, 0.25) is 5.02 Å². The van der Waals surface area contributed by atoms with Gasteiger partial charge in [0.15, 0.2) is 16.7 Å². The molecule has 0 amide bonds. The average molecular weight is 374 g/mol. The van der Waals surface area contributed by atoms with E-state index in [-0.39, 0.29) is 5.82 Å². The molecular formula is C18H13ClFN3OS. The zero-order chi connectivity index (χ0) is 17.4. The number of halogens is 2. The summed E-state index contributed by atoms with van der Waals surface area (Å²) in [5.41, 5.74) is 1.78. The van der Waals surface area contributed by atoms with Crippen molar-refractivity contribution in [2.45, 2.75) is 10.9 Å².